The van der Waals surface area contributed by atoms with Crippen molar-refractivity contribution in [2.24, 2.45) is 0 Å². The van der Waals surface area contributed by atoms with E-state index < -0.39 is 4.92 Å². The van der Waals surface area contributed by atoms with Crippen LogP contribution in [-0.4, -0.2) is 19.7 Å². The van der Waals surface area contributed by atoms with Crippen LogP contribution >= 0.6 is 31.9 Å². The summed E-state index contributed by atoms with van der Waals surface area (Å²) < 4.78 is 2.73. The Hall–Kier alpha value is -1.28. The second-order valence-electron chi connectivity index (χ2n) is 4.63. The smallest absolute Gasteiger partial charge is 0.271 e. The molecule has 2 aromatic rings. The van der Waals surface area contributed by atoms with Gasteiger partial charge in [-0.1, -0.05) is 31.9 Å². The minimum atomic E-state index is -0.405. The van der Waals surface area contributed by atoms with Crippen LogP contribution < -0.4 is 0 Å². The molecule has 0 atom stereocenters. The van der Waals surface area contributed by atoms with Gasteiger partial charge < -0.3 is 4.57 Å². The molecule has 1 fully saturated rings. The van der Waals surface area contributed by atoms with E-state index in [1.807, 2.05) is 6.07 Å². The molecule has 1 aliphatic carbocycles. The van der Waals surface area contributed by atoms with Crippen LogP contribution in [0.2, 0.25) is 0 Å². The first-order valence-corrected chi connectivity index (χ1v) is 7.96. The Balaban J connectivity index is 2.13. The van der Waals surface area contributed by atoms with E-state index in [1.54, 1.807) is 0 Å². The number of aromatic nitrogens is 3. The van der Waals surface area contributed by atoms with E-state index >= 15 is 0 Å². The van der Waals surface area contributed by atoms with E-state index in [2.05, 4.69) is 46.6 Å². The van der Waals surface area contributed by atoms with Gasteiger partial charge in [-0.25, -0.2) is 0 Å². The fourth-order valence-electron chi connectivity index (χ4n) is 2.14. The van der Waals surface area contributed by atoms with E-state index in [1.165, 1.54) is 12.1 Å². The number of hydrogen-bond acceptors (Lipinski definition) is 4. The molecular weight excluding hydrogens is 392 g/mol. The van der Waals surface area contributed by atoms with Gasteiger partial charge in [-0.05, 0) is 18.9 Å². The highest BCUT2D eigenvalue weighted by Gasteiger charge is 2.30. The molecule has 0 aliphatic heterocycles. The fourth-order valence-corrected chi connectivity index (χ4v) is 3.00. The normalized spacial score (nSPS) is 14.5. The van der Waals surface area contributed by atoms with E-state index in [9.17, 15) is 10.1 Å². The topological polar surface area (TPSA) is 73.8 Å². The van der Waals surface area contributed by atoms with Gasteiger partial charge in [0.15, 0.2) is 5.82 Å². The summed E-state index contributed by atoms with van der Waals surface area (Å²) in [5.41, 5.74) is 0.748. The molecule has 0 spiro atoms. The molecule has 1 aromatic heterocycles. The number of rotatable bonds is 4. The number of nitrogens with zero attached hydrogens (tertiary/aromatic N) is 4. The van der Waals surface area contributed by atoms with Crippen LogP contribution in [0, 0.1) is 10.1 Å². The lowest BCUT2D eigenvalue weighted by atomic mass is 10.2. The van der Waals surface area contributed by atoms with Gasteiger partial charge in [-0.3, -0.25) is 10.1 Å². The first kappa shape index (κ1) is 13.7. The standard InChI is InChI=1S/C12H10Br2N4O2/c13-6-11-15-16-12(17(11)9-1-2-9)7-3-8(14)5-10(4-7)18(19)20/h3-5,9H,1-2,6H2. The number of halogens is 2. The number of nitro groups is 1. The van der Waals surface area contributed by atoms with Gasteiger partial charge in [0.2, 0.25) is 0 Å². The van der Waals surface area contributed by atoms with Crippen LogP contribution in [-0.2, 0) is 5.33 Å². The van der Waals surface area contributed by atoms with Gasteiger partial charge in [0.1, 0.15) is 5.82 Å². The summed E-state index contributed by atoms with van der Waals surface area (Å²) in [6.07, 6.45) is 2.20. The Morgan fingerprint density at radius 3 is 2.70 bits per heavy atom. The number of benzene rings is 1. The van der Waals surface area contributed by atoms with E-state index in [0.29, 0.717) is 27.2 Å². The van der Waals surface area contributed by atoms with Crippen molar-refractivity contribution in [3.63, 3.8) is 0 Å². The zero-order valence-electron chi connectivity index (χ0n) is 10.3. The number of non-ortho nitro benzene ring substituents is 1. The summed E-state index contributed by atoms with van der Waals surface area (Å²) in [4.78, 5) is 10.6. The molecular formula is C12H10Br2N4O2. The lowest BCUT2D eigenvalue weighted by Crippen LogP contribution is -2.02. The average molecular weight is 402 g/mol. The molecule has 0 radical (unpaired) electrons. The summed E-state index contributed by atoms with van der Waals surface area (Å²) >= 11 is 6.71. The Bertz CT molecular complexity index is 682. The predicted molar refractivity (Wildman–Crippen MR) is 80.7 cm³/mol. The molecule has 1 aliphatic rings. The van der Waals surface area contributed by atoms with E-state index in [4.69, 9.17) is 0 Å². The minimum Gasteiger partial charge on any atom is -0.307 e. The largest absolute Gasteiger partial charge is 0.307 e. The third-order valence-electron chi connectivity index (χ3n) is 3.15. The molecule has 0 amide bonds. The van der Waals surface area contributed by atoms with Gasteiger partial charge in [0.05, 0.1) is 10.3 Å². The highest BCUT2D eigenvalue weighted by molar-refractivity contribution is 9.10. The van der Waals surface area contributed by atoms with Crippen molar-refractivity contribution in [3.05, 3.63) is 38.6 Å². The Kier molecular flexibility index (Phi) is 3.59. The number of hydrogen-bond donors (Lipinski definition) is 0. The fraction of sp³-hybridized carbons (Fsp3) is 0.333. The van der Waals surface area contributed by atoms with Crippen LogP contribution in [0.4, 0.5) is 5.69 Å². The third-order valence-corrected chi connectivity index (χ3v) is 4.11. The molecule has 104 valence electrons. The van der Waals surface area contributed by atoms with Crippen molar-refractivity contribution in [2.45, 2.75) is 24.2 Å². The molecule has 0 saturated heterocycles. The number of alkyl halides is 1. The van der Waals surface area contributed by atoms with Gasteiger partial charge in [-0.2, -0.15) is 0 Å². The van der Waals surface area contributed by atoms with E-state index in [0.717, 1.165) is 18.7 Å². The molecule has 0 bridgehead atoms. The van der Waals surface area contributed by atoms with Crippen molar-refractivity contribution >= 4 is 37.5 Å². The summed E-state index contributed by atoms with van der Waals surface area (Å²) in [5, 5.41) is 19.9. The lowest BCUT2D eigenvalue weighted by molar-refractivity contribution is -0.384. The summed E-state index contributed by atoms with van der Waals surface area (Å²) in [7, 11) is 0. The maximum atomic E-state index is 11.0. The average Bonchev–Trinajstić information content (AvgIpc) is 3.16. The van der Waals surface area contributed by atoms with Crippen molar-refractivity contribution in [2.75, 3.05) is 0 Å². The summed E-state index contributed by atoms with van der Waals surface area (Å²) in [6, 6.07) is 5.25. The second-order valence-corrected chi connectivity index (χ2v) is 6.11. The molecule has 1 aromatic carbocycles. The van der Waals surface area contributed by atoms with Crippen molar-refractivity contribution in [1.82, 2.24) is 14.8 Å². The van der Waals surface area contributed by atoms with E-state index in [-0.39, 0.29) is 5.69 Å². The van der Waals surface area contributed by atoms with Crippen LogP contribution in [0.15, 0.2) is 22.7 Å². The SMILES string of the molecule is O=[N+]([O-])c1cc(Br)cc(-c2nnc(CBr)n2C2CC2)c1. The monoisotopic (exact) mass is 400 g/mol. The molecule has 1 heterocycles. The van der Waals surface area contributed by atoms with Crippen LogP contribution in [0.3, 0.4) is 0 Å². The summed E-state index contributed by atoms with van der Waals surface area (Å²) in [5.74, 6) is 1.54. The quantitative estimate of drug-likeness (QED) is 0.443. The van der Waals surface area contributed by atoms with Crippen molar-refractivity contribution < 1.29 is 4.92 Å². The molecule has 0 N–H and O–H groups in total. The highest BCUT2D eigenvalue weighted by Crippen LogP contribution is 2.40. The van der Waals surface area contributed by atoms with Gasteiger partial charge in [-0.15, -0.1) is 10.2 Å². The third kappa shape index (κ3) is 2.49. The van der Waals surface area contributed by atoms with Crippen LogP contribution in [0.25, 0.3) is 11.4 Å². The van der Waals surface area contributed by atoms with Crippen molar-refractivity contribution in [1.29, 1.82) is 0 Å². The molecule has 20 heavy (non-hydrogen) atoms. The lowest BCUT2D eigenvalue weighted by Gasteiger charge is -2.08. The Morgan fingerprint density at radius 1 is 1.35 bits per heavy atom. The first-order valence-electron chi connectivity index (χ1n) is 6.05. The van der Waals surface area contributed by atoms with Crippen LogP contribution in [0.1, 0.15) is 24.7 Å². The Labute approximate surface area is 131 Å². The molecule has 1 saturated carbocycles. The molecule has 6 nitrogen and oxygen atoms in total. The molecule has 8 heteroatoms. The Morgan fingerprint density at radius 2 is 2.10 bits per heavy atom. The minimum absolute atomic E-state index is 0.0418. The maximum absolute atomic E-state index is 11.0. The van der Waals surface area contributed by atoms with Gasteiger partial charge in [0.25, 0.3) is 5.69 Å². The van der Waals surface area contributed by atoms with Gasteiger partial charge >= 0.3 is 0 Å². The van der Waals surface area contributed by atoms with Gasteiger partial charge in [0, 0.05) is 28.2 Å². The second kappa shape index (κ2) is 5.25. The zero-order chi connectivity index (χ0) is 14.3. The maximum Gasteiger partial charge on any atom is 0.271 e. The highest BCUT2D eigenvalue weighted by atomic mass is 79.9. The molecule has 3 rings (SSSR count). The predicted octanol–water partition coefficient (Wildman–Crippen LogP) is 3.85. The zero-order valence-corrected chi connectivity index (χ0v) is 13.5. The van der Waals surface area contributed by atoms with Crippen LogP contribution in [0.5, 0.6) is 0 Å². The number of nitro benzene ring substituents is 1. The summed E-state index contributed by atoms with van der Waals surface area (Å²) in [6.45, 7) is 0. The van der Waals surface area contributed by atoms with Crippen molar-refractivity contribution in [3.8, 4) is 11.4 Å². The molecule has 0 unspecified atom stereocenters. The first-order chi connectivity index (χ1) is 9.60.